The highest BCUT2D eigenvalue weighted by atomic mass is 32.1. The Morgan fingerprint density at radius 1 is 1.17 bits per heavy atom. The first kappa shape index (κ1) is 18.4. The maximum atomic E-state index is 12.6. The molecule has 29 heavy (non-hydrogen) atoms. The average Bonchev–Trinajstić information content (AvgIpc) is 3.17. The van der Waals surface area contributed by atoms with Crippen molar-refractivity contribution in [2.24, 2.45) is 5.92 Å². The summed E-state index contributed by atoms with van der Waals surface area (Å²) < 4.78 is 1.94. The highest BCUT2D eigenvalue weighted by Gasteiger charge is 2.32. The van der Waals surface area contributed by atoms with Gasteiger partial charge in [0.2, 0.25) is 5.91 Å². The lowest BCUT2D eigenvalue weighted by Gasteiger charge is -2.16. The van der Waals surface area contributed by atoms with Gasteiger partial charge in [-0.15, -0.1) is 11.3 Å². The predicted octanol–water partition coefficient (Wildman–Crippen LogP) is 3.44. The molecule has 1 N–H and O–H groups in total. The van der Waals surface area contributed by atoms with Crippen molar-refractivity contribution < 1.29 is 9.59 Å². The van der Waals surface area contributed by atoms with Crippen LogP contribution in [0.15, 0.2) is 42.9 Å². The second kappa shape index (κ2) is 7.63. The third kappa shape index (κ3) is 4.05. The van der Waals surface area contributed by atoms with Crippen molar-refractivity contribution in [3.63, 3.8) is 0 Å². The second-order valence-electron chi connectivity index (χ2n) is 8.09. The number of carbonyl (C=O) groups excluding carboxylic acids is 2. The number of amides is 2. The van der Waals surface area contributed by atoms with Gasteiger partial charge in [0.05, 0.1) is 4.88 Å². The van der Waals surface area contributed by atoms with E-state index in [0.29, 0.717) is 24.3 Å². The Hall–Kier alpha value is -2.67. The topological polar surface area (TPSA) is 66.7 Å². The van der Waals surface area contributed by atoms with E-state index < -0.39 is 0 Å². The van der Waals surface area contributed by atoms with Crippen molar-refractivity contribution in [2.75, 3.05) is 13.1 Å². The number of nitrogens with zero attached hydrogens (tertiary/aromatic N) is 3. The largest absolute Gasteiger partial charge is 0.347 e. The molecule has 0 bridgehead atoms. The molecule has 1 unspecified atom stereocenters. The van der Waals surface area contributed by atoms with Gasteiger partial charge in [-0.05, 0) is 55.0 Å². The quantitative estimate of drug-likeness (QED) is 0.679. The van der Waals surface area contributed by atoms with Crippen molar-refractivity contribution in [2.45, 2.75) is 38.1 Å². The molecule has 0 spiro atoms. The third-order valence-corrected chi connectivity index (χ3v) is 7.12. The minimum atomic E-state index is -0.0517. The van der Waals surface area contributed by atoms with Crippen LogP contribution in [0.3, 0.4) is 0 Å². The van der Waals surface area contributed by atoms with Gasteiger partial charge in [0, 0.05) is 55.4 Å². The van der Waals surface area contributed by atoms with Crippen LogP contribution in [0.1, 0.15) is 51.7 Å². The zero-order chi connectivity index (χ0) is 19.8. The molecule has 3 aromatic heterocycles. The molecular formula is C22H24N4O2S. The van der Waals surface area contributed by atoms with E-state index in [-0.39, 0.29) is 5.91 Å². The third-order valence-electron chi connectivity index (χ3n) is 5.87. The van der Waals surface area contributed by atoms with Gasteiger partial charge >= 0.3 is 0 Å². The van der Waals surface area contributed by atoms with Gasteiger partial charge in [-0.1, -0.05) is 0 Å². The van der Waals surface area contributed by atoms with E-state index in [4.69, 9.17) is 0 Å². The van der Waals surface area contributed by atoms with E-state index in [2.05, 4.69) is 16.4 Å². The number of nitrogens with one attached hydrogen (secondary N) is 1. The molecule has 2 aliphatic rings. The molecule has 5 rings (SSSR count). The molecule has 2 fully saturated rings. The highest BCUT2D eigenvalue weighted by molar-refractivity contribution is 7.14. The van der Waals surface area contributed by atoms with Gasteiger partial charge in [0.15, 0.2) is 0 Å². The number of hydrogen-bond acceptors (Lipinski definition) is 4. The number of likely N-dealkylation sites (tertiary alicyclic amines) is 1. The maximum Gasteiger partial charge on any atom is 0.261 e. The number of hydrogen-bond donors (Lipinski definition) is 1. The lowest BCUT2D eigenvalue weighted by Crippen LogP contribution is -2.28. The number of fused-ring (bicyclic) bond motifs is 1. The first-order chi connectivity index (χ1) is 14.2. The SMILES string of the molecule is O=C(NCc1ccn2ccnc2c1)c1ccc(C2CCN(C(=O)CC3CC3)C2)s1. The normalized spacial score (nSPS) is 19.0. The zero-order valence-electron chi connectivity index (χ0n) is 16.2. The lowest BCUT2D eigenvalue weighted by atomic mass is 10.1. The summed E-state index contributed by atoms with van der Waals surface area (Å²) >= 11 is 1.55. The van der Waals surface area contributed by atoms with Crippen LogP contribution in [0.25, 0.3) is 5.65 Å². The van der Waals surface area contributed by atoms with E-state index in [1.54, 1.807) is 17.5 Å². The summed E-state index contributed by atoms with van der Waals surface area (Å²) in [6, 6.07) is 7.92. The number of imidazole rings is 1. The van der Waals surface area contributed by atoms with Gasteiger partial charge in [-0.25, -0.2) is 4.98 Å². The van der Waals surface area contributed by atoms with E-state index in [1.807, 2.05) is 39.9 Å². The van der Waals surface area contributed by atoms with Crippen molar-refractivity contribution in [1.29, 1.82) is 0 Å². The molecule has 1 aliphatic carbocycles. The Kier molecular flexibility index (Phi) is 4.83. The molecular weight excluding hydrogens is 384 g/mol. The van der Waals surface area contributed by atoms with E-state index in [9.17, 15) is 9.59 Å². The Bertz CT molecular complexity index is 1050. The number of rotatable bonds is 6. The van der Waals surface area contributed by atoms with Gasteiger partial charge in [-0.2, -0.15) is 0 Å². The Labute approximate surface area is 173 Å². The highest BCUT2D eigenvalue weighted by Crippen LogP contribution is 2.36. The van der Waals surface area contributed by atoms with Crippen LogP contribution >= 0.6 is 11.3 Å². The molecule has 3 aromatic rings. The molecule has 0 radical (unpaired) electrons. The standard InChI is InChI=1S/C22H24N4O2S/c27-21(12-15-1-2-15)26-9-6-17(14-26)18-3-4-19(29-18)22(28)24-13-16-5-8-25-10-7-23-20(25)11-16/h3-5,7-8,10-11,15,17H,1-2,6,9,12-14H2,(H,24,28). The summed E-state index contributed by atoms with van der Waals surface area (Å²) in [6.07, 6.45) is 9.73. The summed E-state index contributed by atoms with van der Waals surface area (Å²) in [5, 5.41) is 3.00. The molecule has 4 heterocycles. The first-order valence-corrected chi connectivity index (χ1v) is 11.0. The maximum absolute atomic E-state index is 12.6. The van der Waals surface area contributed by atoms with Crippen LogP contribution in [0.2, 0.25) is 0 Å². The fourth-order valence-corrected chi connectivity index (χ4v) is 4.99. The number of aromatic nitrogens is 2. The number of thiophene rings is 1. The van der Waals surface area contributed by atoms with Crippen LogP contribution in [0.5, 0.6) is 0 Å². The summed E-state index contributed by atoms with van der Waals surface area (Å²) in [5.74, 6) is 1.24. The summed E-state index contributed by atoms with van der Waals surface area (Å²) in [7, 11) is 0. The van der Waals surface area contributed by atoms with Gasteiger partial charge in [0.25, 0.3) is 5.91 Å². The molecule has 1 saturated carbocycles. The van der Waals surface area contributed by atoms with Crippen molar-refractivity contribution in [3.05, 3.63) is 58.2 Å². The molecule has 2 amide bonds. The van der Waals surface area contributed by atoms with Crippen LogP contribution in [0.4, 0.5) is 0 Å². The minimum Gasteiger partial charge on any atom is -0.347 e. The summed E-state index contributed by atoms with van der Waals surface area (Å²) in [4.78, 5) is 33.1. The van der Waals surface area contributed by atoms with Crippen molar-refractivity contribution in [3.8, 4) is 0 Å². The van der Waals surface area contributed by atoms with Gasteiger partial charge < -0.3 is 14.6 Å². The predicted molar refractivity (Wildman–Crippen MR) is 112 cm³/mol. The molecule has 1 atom stereocenters. The Balaban J connectivity index is 1.17. The zero-order valence-corrected chi connectivity index (χ0v) is 17.0. The van der Waals surface area contributed by atoms with Crippen LogP contribution in [0, 0.1) is 5.92 Å². The smallest absolute Gasteiger partial charge is 0.261 e. The van der Waals surface area contributed by atoms with Crippen LogP contribution < -0.4 is 5.32 Å². The van der Waals surface area contributed by atoms with Gasteiger partial charge in [-0.3, -0.25) is 9.59 Å². The summed E-state index contributed by atoms with van der Waals surface area (Å²) in [6.45, 7) is 2.10. The van der Waals surface area contributed by atoms with Crippen LogP contribution in [-0.4, -0.2) is 39.2 Å². The van der Waals surface area contributed by atoms with E-state index in [0.717, 1.165) is 42.0 Å². The molecule has 0 aromatic carbocycles. The molecule has 1 saturated heterocycles. The van der Waals surface area contributed by atoms with Crippen molar-refractivity contribution in [1.82, 2.24) is 19.6 Å². The second-order valence-corrected chi connectivity index (χ2v) is 9.20. The van der Waals surface area contributed by atoms with E-state index >= 15 is 0 Å². The Morgan fingerprint density at radius 2 is 2.07 bits per heavy atom. The number of carbonyl (C=O) groups is 2. The molecule has 150 valence electrons. The minimum absolute atomic E-state index is 0.0517. The van der Waals surface area contributed by atoms with Gasteiger partial charge in [0.1, 0.15) is 5.65 Å². The van der Waals surface area contributed by atoms with Crippen LogP contribution in [-0.2, 0) is 11.3 Å². The monoisotopic (exact) mass is 408 g/mol. The molecule has 1 aliphatic heterocycles. The first-order valence-electron chi connectivity index (χ1n) is 10.2. The number of pyridine rings is 1. The van der Waals surface area contributed by atoms with Crippen molar-refractivity contribution >= 4 is 28.8 Å². The fraction of sp³-hybridized carbons (Fsp3) is 0.409. The Morgan fingerprint density at radius 3 is 2.93 bits per heavy atom. The lowest BCUT2D eigenvalue weighted by molar-refractivity contribution is -0.130. The molecule has 6 nitrogen and oxygen atoms in total. The fourth-order valence-electron chi connectivity index (χ4n) is 3.94. The molecule has 7 heteroatoms. The average molecular weight is 409 g/mol. The summed E-state index contributed by atoms with van der Waals surface area (Å²) in [5.41, 5.74) is 1.90. The van der Waals surface area contributed by atoms with E-state index in [1.165, 1.54) is 17.7 Å².